The van der Waals surface area contributed by atoms with Crippen LogP contribution < -0.4 is 9.47 Å². The Hall–Kier alpha value is -2.00. The van der Waals surface area contributed by atoms with Crippen molar-refractivity contribution in [2.75, 3.05) is 40.4 Å². The number of sulfonamides is 1. The largest absolute Gasteiger partial charge is 0.497 e. The molecule has 1 amide bonds. The van der Waals surface area contributed by atoms with Crippen LogP contribution in [0.15, 0.2) is 41.3 Å². The molecule has 1 heterocycles. The number of carbonyl (C=O) groups excluding carboxylic acids is 1. The van der Waals surface area contributed by atoms with Crippen molar-refractivity contribution in [1.82, 2.24) is 9.21 Å². The molecular weight excluding hydrogens is 451 g/mol. The second-order valence-electron chi connectivity index (χ2n) is 6.69. The van der Waals surface area contributed by atoms with Crippen LogP contribution in [-0.4, -0.2) is 63.9 Å². The highest BCUT2D eigenvalue weighted by molar-refractivity contribution is 7.89. The smallest absolute Gasteiger partial charge is 0.246 e. The molecule has 0 aromatic heterocycles. The van der Waals surface area contributed by atoms with Crippen molar-refractivity contribution >= 4 is 39.1 Å². The van der Waals surface area contributed by atoms with Crippen LogP contribution in [0.4, 0.5) is 0 Å². The molecule has 2 aromatic carbocycles. The van der Waals surface area contributed by atoms with Gasteiger partial charge in [0.1, 0.15) is 16.4 Å². The highest BCUT2D eigenvalue weighted by Gasteiger charge is 2.33. The molecule has 7 nitrogen and oxygen atoms in total. The molecule has 0 atom stereocenters. The number of carbonyl (C=O) groups is 1. The van der Waals surface area contributed by atoms with Gasteiger partial charge < -0.3 is 14.4 Å². The third kappa shape index (κ3) is 4.67. The zero-order valence-corrected chi connectivity index (χ0v) is 18.9. The maximum Gasteiger partial charge on any atom is 0.246 e. The summed E-state index contributed by atoms with van der Waals surface area (Å²) < 4.78 is 37.8. The summed E-state index contributed by atoms with van der Waals surface area (Å²) in [6.45, 7) is 0.877. The lowest BCUT2D eigenvalue weighted by atomic mass is 10.1. The number of halogens is 2. The molecule has 0 N–H and O–H groups in total. The van der Waals surface area contributed by atoms with Gasteiger partial charge in [-0.25, -0.2) is 8.42 Å². The van der Waals surface area contributed by atoms with E-state index < -0.39 is 10.0 Å². The number of rotatable bonds is 6. The van der Waals surface area contributed by atoms with E-state index in [1.54, 1.807) is 36.3 Å². The summed E-state index contributed by atoms with van der Waals surface area (Å²) in [4.78, 5) is 14.3. The van der Waals surface area contributed by atoms with Crippen LogP contribution in [0.5, 0.6) is 11.5 Å². The summed E-state index contributed by atoms with van der Waals surface area (Å²) >= 11 is 12.2. The summed E-state index contributed by atoms with van der Waals surface area (Å²) in [5.41, 5.74) is 0.737. The first-order chi connectivity index (χ1) is 14.3. The van der Waals surface area contributed by atoms with E-state index >= 15 is 0 Å². The Kier molecular flexibility index (Phi) is 7.13. The molecule has 10 heteroatoms. The molecule has 0 spiro atoms. The molecule has 0 saturated carbocycles. The lowest BCUT2D eigenvalue weighted by Gasteiger charge is -2.34. The number of ether oxygens (including phenoxy) is 2. The SMILES string of the molecule is COc1ccc(CC(=O)N2CCN(S(=O)(=O)c3c(Cl)cccc3Cl)CC2)c(OC)c1. The van der Waals surface area contributed by atoms with Gasteiger partial charge in [0.05, 0.1) is 30.7 Å². The minimum absolute atomic E-state index is 0.0765. The fourth-order valence-corrected chi connectivity index (χ4v) is 5.82. The lowest BCUT2D eigenvalue weighted by Crippen LogP contribution is -2.50. The number of piperazine rings is 1. The van der Waals surface area contributed by atoms with Crippen molar-refractivity contribution < 1.29 is 22.7 Å². The number of hydrogen-bond acceptors (Lipinski definition) is 5. The van der Waals surface area contributed by atoms with E-state index in [0.717, 1.165) is 5.56 Å². The van der Waals surface area contributed by atoms with E-state index in [9.17, 15) is 13.2 Å². The van der Waals surface area contributed by atoms with Gasteiger partial charge in [-0.15, -0.1) is 0 Å². The van der Waals surface area contributed by atoms with Gasteiger partial charge in [0.15, 0.2) is 0 Å². The van der Waals surface area contributed by atoms with Gasteiger partial charge in [0, 0.05) is 37.8 Å². The Morgan fingerprint density at radius 1 is 1.00 bits per heavy atom. The van der Waals surface area contributed by atoms with Gasteiger partial charge in [-0.2, -0.15) is 4.31 Å². The van der Waals surface area contributed by atoms with Crippen LogP contribution in [0.25, 0.3) is 0 Å². The topological polar surface area (TPSA) is 76.2 Å². The molecule has 2 aromatic rings. The highest BCUT2D eigenvalue weighted by atomic mass is 35.5. The van der Waals surface area contributed by atoms with Gasteiger partial charge >= 0.3 is 0 Å². The first kappa shape index (κ1) is 22.7. The molecule has 0 aliphatic carbocycles. The first-order valence-corrected chi connectivity index (χ1v) is 11.4. The van der Waals surface area contributed by atoms with E-state index in [0.29, 0.717) is 11.5 Å². The summed E-state index contributed by atoms with van der Waals surface area (Å²) in [6, 6.07) is 9.84. The van der Waals surface area contributed by atoms with Crippen molar-refractivity contribution in [2.24, 2.45) is 0 Å². The molecule has 1 aliphatic rings. The maximum atomic E-state index is 13.0. The summed E-state index contributed by atoms with van der Waals surface area (Å²) in [5.74, 6) is 1.10. The second kappa shape index (κ2) is 9.43. The normalized spacial score (nSPS) is 15.1. The molecular formula is C20H22Cl2N2O5S. The third-order valence-corrected chi connectivity index (χ3v) is 7.80. The van der Waals surface area contributed by atoms with Gasteiger partial charge in [-0.1, -0.05) is 35.3 Å². The van der Waals surface area contributed by atoms with Crippen LogP contribution in [-0.2, 0) is 21.2 Å². The van der Waals surface area contributed by atoms with Crippen LogP contribution in [0.1, 0.15) is 5.56 Å². The van der Waals surface area contributed by atoms with Crippen LogP contribution in [0, 0.1) is 0 Å². The number of nitrogens with zero attached hydrogens (tertiary/aromatic N) is 2. The van der Waals surface area contributed by atoms with Crippen LogP contribution >= 0.6 is 23.2 Å². The minimum Gasteiger partial charge on any atom is -0.497 e. The molecule has 1 fully saturated rings. The van der Waals surface area contributed by atoms with Crippen molar-refractivity contribution in [2.45, 2.75) is 11.3 Å². The molecule has 0 radical (unpaired) electrons. The summed E-state index contributed by atoms with van der Waals surface area (Å²) in [6.07, 6.45) is 0.149. The second-order valence-corrected chi connectivity index (χ2v) is 9.38. The number of hydrogen-bond donors (Lipinski definition) is 0. The fraction of sp³-hybridized carbons (Fsp3) is 0.350. The van der Waals surface area contributed by atoms with Crippen molar-refractivity contribution in [3.8, 4) is 11.5 Å². The Bertz CT molecular complexity index is 1020. The lowest BCUT2D eigenvalue weighted by molar-refractivity contribution is -0.131. The molecule has 3 rings (SSSR count). The molecule has 0 unspecified atom stereocenters. The number of amides is 1. The molecule has 0 bridgehead atoms. The maximum absolute atomic E-state index is 13.0. The predicted octanol–water partition coefficient (Wildman–Crippen LogP) is 3.09. The Morgan fingerprint density at radius 3 is 2.20 bits per heavy atom. The quantitative estimate of drug-likeness (QED) is 0.645. The zero-order chi connectivity index (χ0) is 21.9. The van der Waals surface area contributed by atoms with Gasteiger partial charge in [-0.05, 0) is 18.2 Å². The van der Waals surface area contributed by atoms with Crippen molar-refractivity contribution in [3.05, 3.63) is 52.0 Å². The third-order valence-electron chi connectivity index (χ3n) is 4.94. The number of benzene rings is 2. The van der Waals surface area contributed by atoms with E-state index in [1.165, 1.54) is 23.5 Å². The Morgan fingerprint density at radius 2 is 1.63 bits per heavy atom. The van der Waals surface area contributed by atoms with Gasteiger partial charge in [0.25, 0.3) is 0 Å². The molecule has 1 saturated heterocycles. The van der Waals surface area contributed by atoms with Crippen molar-refractivity contribution in [3.63, 3.8) is 0 Å². The molecule has 30 heavy (non-hydrogen) atoms. The zero-order valence-electron chi connectivity index (χ0n) is 16.6. The summed E-state index contributed by atoms with van der Waals surface area (Å²) in [7, 11) is -0.760. The van der Waals surface area contributed by atoms with E-state index in [1.807, 2.05) is 0 Å². The average molecular weight is 473 g/mol. The van der Waals surface area contributed by atoms with Gasteiger partial charge in [-0.3, -0.25) is 4.79 Å². The van der Waals surface area contributed by atoms with Crippen molar-refractivity contribution in [1.29, 1.82) is 0 Å². The Labute approximate surface area is 186 Å². The molecule has 1 aliphatic heterocycles. The van der Waals surface area contributed by atoms with Crippen LogP contribution in [0.3, 0.4) is 0 Å². The van der Waals surface area contributed by atoms with Crippen LogP contribution in [0.2, 0.25) is 10.0 Å². The molecule has 162 valence electrons. The fourth-order valence-electron chi connectivity index (χ4n) is 3.31. The minimum atomic E-state index is -3.85. The van der Waals surface area contributed by atoms with E-state index in [4.69, 9.17) is 32.7 Å². The number of methoxy groups -OCH3 is 2. The van der Waals surface area contributed by atoms with Gasteiger partial charge in [0.2, 0.25) is 15.9 Å². The summed E-state index contributed by atoms with van der Waals surface area (Å²) in [5, 5.41) is 0.153. The van der Waals surface area contributed by atoms with E-state index in [-0.39, 0.29) is 53.4 Å². The predicted molar refractivity (Wildman–Crippen MR) is 115 cm³/mol. The highest BCUT2D eigenvalue weighted by Crippen LogP contribution is 2.32. The average Bonchev–Trinajstić information content (AvgIpc) is 2.73. The standard InChI is InChI=1S/C20H22Cl2N2O5S/c1-28-15-7-6-14(18(13-15)29-2)12-19(25)23-8-10-24(11-9-23)30(26,27)20-16(21)4-3-5-17(20)22/h3-7,13H,8-12H2,1-2H3. The monoisotopic (exact) mass is 472 g/mol. The first-order valence-electron chi connectivity index (χ1n) is 9.20. The van der Waals surface area contributed by atoms with E-state index in [2.05, 4.69) is 0 Å². The Balaban J connectivity index is 1.68.